The van der Waals surface area contributed by atoms with Crippen LogP contribution in [0, 0.1) is 5.92 Å². The minimum atomic E-state index is -0.0989. The minimum Gasteiger partial charge on any atom is -0.356 e. The first kappa shape index (κ1) is 18.6. The Balaban J connectivity index is 1.71. The van der Waals surface area contributed by atoms with Gasteiger partial charge in [0.05, 0.1) is 5.92 Å². The molecule has 1 aromatic carbocycles. The van der Waals surface area contributed by atoms with Crippen LogP contribution < -0.4 is 5.32 Å². The molecule has 2 rings (SSSR count). The summed E-state index contributed by atoms with van der Waals surface area (Å²) in [4.78, 5) is 27.7. The van der Waals surface area contributed by atoms with E-state index < -0.39 is 0 Å². The summed E-state index contributed by atoms with van der Waals surface area (Å²) in [6.07, 6.45) is 3.52. The van der Waals surface area contributed by atoms with Crippen LogP contribution in [-0.4, -0.2) is 55.5 Å². The molecule has 132 valence electrons. The molecule has 1 aliphatic heterocycles. The van der Waals surface area contributed by atoms with Crippen molar-refractivity contribution < 1.29 is 9.59 Å². The number of piperidine rings is 1. The van der Waals surface area contributed by atoms with Gasteiger partial charge in [0.15, 0.2) is 0 Å². The predicted octanol–water partition coefficient (Wildman–Crippen LogP) is 2.78. The molecule has 1 atom stereocenters. The summed E-state index contributed by atoms with van der Waals surface area (Å²) in [5.74, 6) is -0.0412. The lowest BCUT2D eigenvalue weighted by Crippen LogP contribution is -2.48. The fourth-order valence-electron chi connectivity index (χ4n) is 2.95. The average Bonchev–Trinajstić information content (AvgIpc) is 2.59. The highest BCUT2D eigenvalue weighted by Crippen LogP contribution is 2.17. The Kier molecular flexibility index (Phi) is 6.91. The Labute approximate surface area is 149 Å². The number of halogens is 1. The van der Waals surface area contributed by atoms with E-state index in [1.54, 1.807) is 23.9 Å². The first-order chi connectivity index (χ1) is 11.5. The van der Waals surface area contributed by atoms with E-state index in [2.05, 4.69) is 5.32 Å². The molecular weight excluding hydrogens is 326 g/mol. The highest BCUT2D eigenvalue weighted by Gasteiger charge is 2.28. The van der Waals surface area contributed by atoms with Crippen molar-refractivity contribution in [3.63, 3.8) is 0 Å². The molecule has 1 heterocycles. The van der Waals surface area contributed by atoms with Crippen LogP contribution in [0.2, 0.25) is 5.02 Å². The largest absolute Gasteiger partial charge is 0.356 e. The zero-order chi connectivity index (χ0) is 17.5. The fourth-order valence-corrected chi connectivity index (χ4v) is 3.07. The maximum atomic E-state index is 12.3. The van der Waals surface area contributed by atoms with Gasteiger partial charge in [-0.2, -0.15) is 0 Å². The van der Waals surface area contributed by atoms with Crippen LogP contribution in [0.3, 0.4) is 0 Å². The molecule has 1 fully saturated rings. The fraction of sp³-hybridized carbons (Fsp3) is 0.556. The summed E-state index contributed by atoms with van der Waals surface area (Å²) in [7, 11) is 3.48. The van der Waals surface area contributed by atoms with Crippen molar-refractivity contribution in [1.29, 1.82) is 0 Å². The lowest BCUT2D eigenvalue weighted by Gasteiger charge is -2.33. The number of nitrogens with one attached hydrogen (secondary N) is 1. The van der Waals surface area contributed by atoms with Gasteiger partial charge in [0.2, 0.25) is 5.91 Å². The number of benzene rings is 1. The van der Waals surface area contributed by atoms with Crippen LogP contribution in [0.25, 0.3) is 0 Å². The van der Waals surface area contributed by atoms with E-state index in [1.165, 1.54) is 5.56 Å². The molecule has 0 unspecified atom stereocenters. The summed E-state index contributed by atoms with van der Waals surface area (Å²) in [5, 5.41) is 3.74. The average molecular weight is 352 g/mol. The maximum absolute atomic E-state index is 12.3. The molecule has 0 aromatic heterocycles. The van der Waals surface area contributed by atoms with E-state index >= 15 is 0 Å². The monoisotopic (exact) mass is 351 g/mol. The van der Waals surface area contributed by atoms with Crippen molar-refractivity contribution in [1.82, 2.24) is 15.1 Å². The van der Waals surface area contributed by atoms with Gasteiger partial charge in [-0.05, 0) is 43.4 Å². The van der Waals surface area contributed by atoms with E-state index in [0.29, 0.717) is 13.1 Å². The molecule has 1 N–H and O–H groups in total. The Hall–Kier alpha value is -1.75. The third kappa shape index (κ3) is 5.41. The minimum absolute atomic E-state index is 0.0183. The van der Waals surface area contributed by atoms with Crippen LogP contribution in [0.4, 0.5) is 4.79 Å². The van der Waals surface area contributed by atoms with Crippen LogP contribution in [0.15, 0.2) is 24.3 Å². The number of nitrogens with zero attached hydrogens (tertiary/aromatic N) is 2. The topological polar surface area (TPSA) is 52.7 Å². The van der Waals surface area contributed by atoms with Gasteiger partial charge >= 0.3 is 6.03 Å². The lowest BCUT2D eigenvalue weighted by molar-refractivity contribution is -0.126. The van der Waals surface area contributed by atoms with E-state index in [-0.39, 0.29) is 17.9 Å². The maximum Gasteiger partial charge on any atom is 0.319 e. The van der Waals surface area contributed by atoms with Crippen molar-refractivity contribution in [3.05, 3.63) is 34.9 Å². The first-order valence-corrected chi connectivity index (χ1v) is 8.83. The summed E-state index contributed by atoms with van der Waals surface area (Å²) < 4.78 is 0. The number of hydrogen-bond donors (Lipinski definition) is 1. The Bertz CT molecular complexity index is 560. The summed E-state index contributed by atoms with van der Waals surface area (Å²) >= 11 is 5.87. The molecule has 6 heteroatoms. The molecule has 1 saturated heterocycles. The number of hydrogen-bond acceptors (Lipinski definition) is 2. The van der Waals surface area contributed by atoms with Crippen LogP contribution >= 0.6 is 11.6 Å². The Morgan fingerprint density at radius 3 is 2.67 bits per heavy atom. The van der Waals surface area contributed by atoms with Crippen LogP contribution in [0.5, 0.6) is 0 Å². The third-order valence-electron chi connectivity index (χ3n) is 4.30. The highest BCUT2D eigenvalue weighted by atomic mass is 35.5. The molecule has 5 nitrogen and oxygen atoms in total. The highest BCUT2D eigenvalue weighted by molar-refractivity contribution is 6.30. The van der Waals surface area contributed by atoms with Gasteiger partial charge in [-0.25, -0.2) is 4.79 Å². The molecule has 0 aliphatic carbocycles. The second-order valence-corrected chi connectivity index (χ2v) is 6.92. The van der Waals surface area contributed by atoms with Gasteiger partial charge < -0.3 is 15.1 Å². The molecule has 0 radical (unpaired) electrons. The normalized spacial score (nSPS) is 17.5. The standard InChI is InChI=1S/C18H26ClN3O2/c1-21(2)18(24)22-12-4-6-15(13-22)17(23)20-11-3-5-14-7-9-16(19)10-8-14/h7-10,15H,3-6,11-13H2,1-2H3,(H,20,23)/t15-/m1/s1. The van der Waals surface area contributed by atoms with E-state index in [0.717, 1.165) is 37.3 Å². The number of likely N-dealkylation sites (tertiary alicyclic amines) is 1. The van der Waals surface area contributed by atoms with Crippen molar-refractivity contribution in [2.75, 3.05) is 33.7 Å². The zero-order valence-corrected chi connectivity index (χ0v) is 15.2. The Morgan fingerprint density at radius 2 is 2.00 bits per heavy atom. The SMILES string of the molecule is CN(C)C(=O)N1CCC[C@@H](C(=O)NCCCc2ccc(Cl)cc2)C1. The second kappa shape index (κ2) is 8.92. The first-order valence-electron chi connectivity index (χ1n) is 8.45. The van der Waals surface area contributed by atoms with Gasteiger partial charge in [0.1, 0.15) is 0 Å². The van der Waals surface area contributed by atoms with E-state index in [1.807, 2.05) is 24.3 Å². The van der Waals surface area contributed by atoms with Crippen molar-refractivity contribution in [2.24, 2.45) is 5.92 Å². The van der Waals surface area contributed by atoms with Crippen LogP contribution in [0.1, 0.15) is 24.8 Å². The van der Waals surface area contributed by atoms with Crippen molar-refractivity contribution in [3.8, 4) is 0 Å². The van der Waals surface area contributed by atoms with Gasteiger partial charge in [-0.3, -0.25) is 4.79 Å². The quantitative estimate of drug-likeness (QED) is 0.829. The molecule has 0 bridgehead atoms. The number of urea groups is 1. The predicted molar refractivity (Wildman–Crippen MR) is 96.2 cm³/mol. The Morgan fingerprint density at radius 1 is 1.29 bits per heavy atom. The zero-order valence-electron chi connectivity index (χ0n) is 14.4. The smallest absolute Gasteiger partial charge is 0.319 e. The number of carbonyl (C=O) groups is 2. The molecular formula is C18H26ClN3O2. The molecule has 3 amide bonds. The van der Waals surface area contributed by atoms with Gasteiger partial charge in [-0.15, -0.1) is 0 Å². The van der Waals surface area contributed by atoms with Crippen molar-refractivity contribution in [2.45, 2.75) is 25.7 Å². The molecule has 24 heavy (non-hydrogen) atoms. The third-order valence-corrected chi connectivity index (χ3v) is 4.55. The molecule has 1 aliphatic rings. The molecule has 1 aromatic rings. The summed E-state index contributed by atoms with van der Waals surface area (Å²) in [5.41, 5.74) is 1.22. The van der Waals surface area contributed by atoms with Gasteiger partial charge in [0, 0.05) is 38.8 Å². The number of aryl methyl sites for hydroxylation is 1. The van der Waals surface area contributed by atoms with E-state index in [9.17, 15) is 9.59 Å². The van der Waals surface area contributed by atoms with Crippen molar-refractivity contribution >= 4 is 23.5 Å². The van der Waals surface area contributed by atoms with Gasteiger partial charge in [-0.1, -0.05) is 23.7 Å². The summed E-state index contributed by atoms with van der Waals surface area (Å²) in [6.45, 7) is 1.90. The second-order valence-electron chi connectivity index (χ2n) is 6.48. The summed E-state index contributed by atoms with van der Waals surface area (Å²) in [6, 6.07) is 7.77. The van der Waals surface area contributed by atoms with Gasteiger partial charge in [0.25, 0.3) is 0 Å². The number of amides is 3. The number of carbonyl (C=O) groups excluding carboxylic acids is 2. The lowest BCUT2D eigenvalue weighted by atomic mass is 9.97. The van der Waals surface area contributed by atoms with E-state index in [4.69, 9.17) is 11.6 Å². The number of rotatable bonds is 5. The van der Waals surface area contributed by atoms with Crippen LogP contribution in [-0.2, 0) is 11.2 Å². The molecule has 0 spiro atoms. The molecule has 0 saturated carbocycles.